The van der Waals surface area contributed by atoms with Crippen LogP contribution in [0.3, 0.4) is 0 Å². The molecule has 1 amide bonds. The molecule has 3 heterocycles. The summed E-state index contributed by atoms with van der Waals surface area (Å²) in [4.78, 5) is 32.9. The first-order chi connectivity index (χ1) is 17.9. The Morgan fingerprint density at radius 1 is 1.00 bits per heavy atom. The fourth-order valence-electron chi connectivity index (χ4n) is 4.68. The van der Waals surface area contributed by atoms with Gasteiger partial charge in [0.2, 0.25) is 0 Å². The van der Waals surface area contributed by atoms with Crippen molar-refractivity contribution in [2.24, 2.45) is 0 Å². The molecular weight excluding hydrogens is 471 g/mol. The Balaban J connectivity index is 1.49. The molecule has 1 aliphatic rings. The molecule has 2 aromatic heterocycles. The van der Waals surface area contributed by atoms with Crippen LogP contribution in [-0.4, -0.2) is 51.2 Å². The van der Waals surface area contributed by atoms with Gasteiger partial charge in [-0.2, -0.15) is 0 Å². The molecule has 1 fully saturated rings. The average molecular weight is 501 g/mol. The molecule has 0 unspecified atom stereocenters. The number of amides is 1. The van der Waals surface area contributed by atoms with Crippen molar-refractivity contribution in [3.63, 3.8) is 0 Å². The summed E-state index contributed by atoms with van der Waals surface area (Å²) in [6.07, 6.45) is 5.75. The van der Waals surface area contributed by atoms with Gasteiger partial charge in [0.05, 0.1) is 37.3 Å². The maximum Gasteiger partial charge on any atom is 0.255 e. The van der Waals surface area contributed by atoms with Crippen LogP contribution in [-0.2, 0) is 17.7 Å². The lowest BCUT2D eigenvalue weighted by molar-refractivity contribution is 0.0302. The van der Waals surface area contributed by atoms with Gasteiger partial charge in [-0.3, -0.25) is 9.59 Å². The number of rotatable bonds is 6. The highest BCUT2D eigenvalue weighted by Gasteiger charge is 2.21. The van der Waals surface area contributed by atoms with Crippen molar-refractivity contribution in [1.82, 2.24) is 19.0 Å². The number of carbonyl (C=O) groups is 1. The third-order valence-corrected chi connectivity index (χ3v) is 6.62. The second kappa shape index (κ2) is 10.5. The average Bonchev–Trinajstić information content (AvgIpc) is 3.33. The van der Waals surface area contributed by atoms with E-state index in [1.54, 1.807) is 40.2 Å². The van der Waals surface area contributed by atoms with E-state index >= 15 is 0 Å². The first-order valence-electron chi connectivity index (χ1n) is 12.3. The molecule has 1 saturated heterocycles. The molecule has 0 atom stereocenters. The van der Waals surface area contributed by atoms with Crippen LogP contribution in [0.1, 0.15) is 38.3 Å². The van der Waals surface area contributed by atoms with Crippen molar-refractivity contribution < 1.29 is 13.9 Å². The van der Waals surface area contributed by atoms with Gasteiger partial charge in [0.15, 0.2) is 0 Å². The van der Waals surface area contributed by atoms with Crippen LogP contribution < -0.4 is 5.56 Å². The Bertz CT molecular complexity index is 1480. The summed E-state index contributed by atoms with van der Waals surface area (Å²) in [5.74, 6) is -0.461. The van der Waals surface area contributed by atoms with Crippen molar-refractivity contribution in [2.75, 3.05) is 26.3 Å². The molecule has 7 nitrogen and oxygen atoms in total. The quantitative estimate of drug-likeness (QED) is 0.403. The second-order valence-electron chi connectivity index (χ2n) is 9.44. The van der Waals surface area contributed by atoms with E-state index in [9.17, 15) is 14.0 Å². The molecule has 5 rings (SSSR count). The van der Waals surface area contributed by atoms with E-state index in [1.165, 1.54) is 12.1 Å². The van der Waals surface area contributed by atoms with Gasteiger partial charge in [-0.25, -0.2) is 9.37 Å². The number of ether oxygens (including phenoxy) is 1. The molecule has 0 saturated carbocycles. The maximum atomic E-state index is 13.5. The molecule has 2 aromatic carbocycles. The summed E-state index contributed by atoms with van der Waals surface area (Å²) in [7, 11) is 0. The van der Waals surface area contributed by atoms with E-state index in [1.807, 2.05) is 36.7 Å². The molecule has 0 aliphatic carbocycles. The normalized spacial score (nSPS) is 13.6. The summed E-state index contributed by atoms with van der Waals surface area (Å²) in [5.41, 5.74) is 5.59. The molecule has 0 bridgehead atoms. The predicted octanol–water partition coefficient (Wildman–Crippen LogP) is 3.90. The summed E-state index contributed by atoms with van der Waals surface area (Å²) < 4.78 is 22.3. The third-order valence-electron chi connectivity index (χ3n) is 6.62. The number of carbonyl (C=O) groups excluding carboxylic acids is 1. The van der Waals surface area contributed by atoms with Crippen molar-refractivity contribution >= 4 is 5.91 Å². The fraction of sp³-hybridized carbons (Fsp3) is 0.276. The molecule has 190 valence electrons. The molecule has 0 N–H and O–H groups in total. The Hall–Kier alpha value is -4.04. The number of pyridine rings is 1. The third kappa shape index (κ3) is 5.54. The van der Waals surface area contributed by atoms with Crippen LogP contribution in [0.2, 0.25) is 0 Å². The number of benzene rings is 2. The summed E-state index contributed by atoms with van der Waals surface area (Å²) in [5, 5.41) is 0. The van der Waals surface area contributed by atoms with Gasteiger partial charge in [-0.15, -0.1) is 0 Å². The van der Waals surface area contributed by atoms with Crippen LogP contribution >= 0.6 is 0 Å². The van der Waals surface area contributed by atoms with Crippen molar-refractivity contribution in [1.29, 1.82) is 0 Å². The van der Waals surface area contributed by atoms with Gasteiger partial charge in [-0.05, 0) is 54.8 Å². The van der Waals surface area contributed by atoms with Crippen molar-refractivity contribution in [2.45, 2.75) is 26.8 Å². The van der Waals surface area contributed by atoms with Gasteiger partial charge in [0, 0.05) is 43.2 Å². The number of aromatic nitrogens is 3. The number of nitrogens with zero attached hydrogens (tertiary/aromatic N) is 4. The van der Waals surface area contributed by atoms with Gasteiger partial charge < -0.3 is 18.8 Å². The Kier molecular flexibility index (Phi) is 7.01. The van der Waals surface area contributed by atoms with Gasteiger partial charge >= 0.3 is 0 Å². The highest BCUT2D eigenvalue weighted by Crippen LogP contribution is 2.19. The Morgan fingerprint density at radius 3 is 2.41 bits per heavy atom. The van der Waals surface area contributed by atoms with E-state index in [-0.39, 0.29) is 23.8 Å². The lowest BCUT2D eigenvalue weighted by atomic mass is 10.0. The zero-order valence-electron chi connectivity index (χ0n) is 21.0. The standard InChI is InChI=1S/C29H29FN4O3/c1-20-13-23(5-8-27(20)34-16-21(2)31-19-34)14-24-15-25(29(36)32-9-11-37-12-10-32)18-33(28(24)35)17-22-3-6-26(30)7-4-22/h3-8,13,15-16,18-19H,9-12,14,17H2,1-2H3. The monoisotopic (exact) mass is 500 g/mol. The highest BCUT2D eigenvalue weighted by atomic mass is 19.1. The number of morpholine rings is 1. The lowest BCUT2D eigenvalue weighted by Crippen LogP contribution is -2.41. The smallest absolute Gasteiger partial charge is 0.255 e. The Labute approximate surface area is 214 Å². The molecule has 8 heteroatoms. The highest BCUT2D eigenvalue weighted by molar-refractivity contribution is 5.94. The topological polar surface area (TPSA) is 69.4 Å². The second-order valence-corrected chi connectivity index (χ2v) is 9.44. The number of aryl methyl sites for hydroxylation is 2. The minimum absolute atomic E-state index is 0.126. The molecule has 37 heavy (non-hydrogen) atoms. The van der Waals surface area contributed by atoms with Crippen molar-refractivity contribution in [3.8, 4) is 5.69 Å². The van der Waals surface area contributed by atoms with Crippen LogP contribution in [0.15, 0.2) is 72.0 Å². The Morgan fingerprint density at radius 2 is 1.73 bits per heavy atom. The van der Waals surface area contributed by atoms with Crippen LogP contribution in [0, 0.1) is 19.7 Å². The zero-order valence-corrected chi connectivity index (χ0v) is 21.0. The molecule has 0 radical (unpaired) electrons. The molecule has 4 aromatic rings. The number of halogens is 1. The van der Waals surface area contributed by atoms with E-state index in [0.29, 0.717) is 43.9 Å². The minimum atomic E-state index is -0.335. The number of hydrogen-bond acceptors (Lipinski definition) is 4. The molecule has 0 spiro atoms. The number of imidazole rings is 1. The van der Waals surface area contributed by atoms with E-state index in [2.05, 4.69) is 11.1 Å². The van der Waals surface area contributed by atoms with Crippen LogP contribution in [0.25, 0.3) is 5.69 Å². The maximum absolute atomic E-state index is 13.5. The summed E-state index contributed by atoms with van der Waals surface area (Å²) in [6.45, 7) is 6.24. The van der Waals surface area contributed by atoms with E-state index in [0.717, 1.165) is 28.1 Å². The minimum Gasteiger partial charge on any atom is -0.378 e. The van der Waals surface area contributed by atoms with Gasteiger partial charge in [0.25, 0.3) is 11.5 Å². The first-order valence-corrected chi connectivity index (χ1v) is 12.3. The SMILES string of the molecule is Cc1cn(-c2ccc(Cc3cc(C(=O)N4CCOCC4)cn(Cc4ccc(F)cc4)c3=O)cc2C)cn1. The molecular formula is C29H29FN4O3. The van der Waals surface area contributed by atoms with E-state index < -0.39 is 0 Å². The molecule has 1 aliphatic heterocycles. The van der Waals surface area contributed by atoms with E-state index in [4.69, 9.17) is 4.74 Å². The van der Waals surface area contributed by atoms with Crippen molar-refractivity contribution in [3.05, 3.63) is 117 Å². The predicted molar refractivity (Wildman–Crippen MR) is 139 cm³/mol. The summed E-state index contributed by atoms with van der Waals surface area (Å²) in [6, 6.07) is 13.8. The van der Waals surface area contributed by atoms with Crippen LogP contribution in [0.5, 0.6) is 0 Å². The van der Waals surface area contributed by atoms with Gasteiger partial charge in [0.1, 0.15) is 5.82 Å². The first kappa shape index (κ1) is 24.6. The van der Waals surface area contributed by atoms with Crippen LogP contribution in [0.4, 0.5) is 4.39 Å². The number of hydrogen-bond donors (Lipinski definition) is 0. The zero-order chi connectivity index (χ0) is 25.9. The summed E-state index contributed by atoms with van der Waals surface area (Å²) >= 11 is 0. The van der Waals surface area contributed by atoms with Gasteiger partial charge in [-0.1, -0.05) is 24.3 Å². The fourth-order valence-corrected chi connectivity index (χ4v) is 4.68. The lowest BCUT2D eigenvalue weighted by Gasteiger charge is -2.27. The largest absolute Gasteiger partial charge is 0.378 e.